The van der Waals surface area contributed by atoms with Gasteiger partial charge in [0, 0.05) is 77.0 Å². The van der Waals surface area contributed by atoms with Crippen molar-refractivity contribution >= 4 is 29.5 Å². The van der Waals surface area contributed by atoms with E-state index < -0.39 is 5.54 Å². The van der Waals surface area contributed by atoms with Crippen LogP contribution in [-0.2, 0) is 57.1 Å². The Morgan fingerprint density at radius 3 is 1.24 bits per heavy atom. The maximum atomic E-state index is 13.6. The normalized spacial score (nSPS) is 11.0. The van der Waals surface area contributed by atoms with Crippen LogP contribution in [-0.4, -0.2) is 154 Å². The van der Waals surface area contributed by atoms with Crippen LogP contribution in [0.1, 0.15) is 97.3 Å². The van der Waals surface area contributed by atoms with Crippen molar-refractivity contribution in [3.63, 3.8) is 0 Å². The smallest absolute Gasteiger partial charge is 0.220 e. The molecule has 17 nitrogen and oxygen atoms in total. The van der Waals surface area contributed by atoms with Crippen molar-refractivity contribution in [2.75, 3.05) is 119 Å². The Bertz CT molecular complexity index is 1230. The van der Waals surface area contributed by atoms with Gasteiger partial charge in [0.25, 0.3) is 0 Å². The van der Waals surface area contributed by atoms with Gasteiger partial charge in [-0.3, -0.25) is 24.0 Å². The monoisotopic (exact) mass is 892 g/mol. The van der Waals surface area contributed by atoms with Crippen molar-refractivity contribution in [3.8, 4) is 37.0 Å². The molecule has 0 saturated heterocycles. The van der Waals surface area contributed by atoms with E-state index in [0.717, 1.165) is 38.9 Å². The van der Waals surface area contributed by atoms with Crippen LogP contribution in [0.4, 0.5) is 0 Å². The Hall–Kier alpha value is -4.25. The quantitative estimate of drug-likeness (QED) is 0.0440. The zero-order chi connectivity index (χ0) is 46.5. The Labute approximate surface area is 377 Å². The molecular weight excluding hydrogens is 815 g/mol. The predicted molar refractivity (Wildman–Crippen MR) is 240 cm³/mol. The van der Waals surface area contributed by atoms with Gasteiger partial charge in [0.05, 0.1) is 59.5 Å². The zero-order valence-electron chi connectivity index (χ0n) is 38.1. The molecule has 63 heavy (non-hydrogen) atoms. The highest BCUT2D eigenvalue weighted by atomic mass is 16.5. The van der Waals surface area contributed by atoms with Crippen molar-refractivity contribution in [2.24, 2.45) is 5.92 Å². The van der Waals surface area contributed by atoms with Crippen LogP contribution in [0.25, 0.3) is 0 Å². The summed E-state index contributed by atoms with van der Waals surface area (Å²) in [5.74, 6) is 6.26. The average Bonchev–Trinajstić information content (AvgIpc) is 3.26. The van der Waals surface area contributed by atoms with E-state index in [9.17, 15) is 24.0 Å². The number of amides is 5. The van der Waals surface area contributed by atoms with Gasteiger partial charge in [-0.05, 0) is 44.4 Å². The van der Waals surface area contributed by atoms with Crippen molar-refractivity contribution in [1.29, 1.82) is 0 Å². The fourth-order valence-electron chi connectivity index (χ4n) is 5.81. The lowest BCUT2D eigenvalue weighted by atomic mass is 9.82. The highest BCUT2D eigenvalue weighted by molar-refractivity contribution is 5.81. The number of unbranched alkanes of at least 4 members (excludes halogenated alkanes) is 3. The largest absolute Gasteiger partial charge is 0.381 e. The number of hydrogen-bond acceptors (Lipinski definition) is 12. The number of rotatable bonds is 44. The molecule has 0 heterocycles. The summed E-state index contributed by atoms with van der Waals surface area (Å²) in [7, 11) is 0. The van der Waals surface area contributed by atoms with Gasteiger partial charge >= 0.3 is 0 Å². The van der Waals surface area contributed by atoms with Crippen LogP contribution in [0.15, 0.2) is 0 Å². The standard InChI is InChI=1S/C46H77N5O12/c1-6-26-57-33-36-60-30-23-48-42(53)16-19-46(20-17-43(54)49-24-31-61-37-34-58-27-7-2,21-18-44(55)50-25-32-62-38-35-59-28-8-3)51-45(56)15-13-14-41(52)47-22-11-9-10-12-29-63-39-40(4)5/h1-3,40H,9-39H2,4-5H3,(H,47,52)(H,48,53)(H,49,54)(H,50,55)(H,51,56). The van der Waals surface area contributed by atoms with E-state index in [4.69, 9.17) is 52.4 Å². The molecule has 0 aromatic heterocycles. The van der Waals surface area contributed by atoms with Gasteiger partial charge in [0.15, 0.2) is 0 Å². The van der Waals surface area contributed by atoms with E-state index in [1.165, 1.54) is 0 Å². The first-order valence-corrected chi connectivity index (χ1v) is 22.3. The Morgan fingerprint density at radius 2 is 0.810 bits per heavy atom. The van der Waals surface area contributed by atoms with Gasteiger partial charge in [-0.1, -0.05) is 44.5 Å². The highest BCUT2D eigenvalue weighted by Gasteiger charge is 2.33. The molecule has 358 valence electrons. The molecule has 0 aliphatic heterocycles. The van der Waals surface area contributed by atoms with Crippen molar-refractivity contribution in [3.05, 3.63) is 0 Å². The van der Waals surface area contributed by atoms with E-state index in [1.54, 1.807) is 0 Å². The molecule has 0 rings (SSSR count). The van der Waals surface area contributed by atoms with Crippen molar-refractivity contribution in [1.82, 2.24) is 26.6 Å². The first kappa shape index (κ1) is 58.8. The molecule has 0 spiro atoms. The van der Waals surface area contributed by atoms with E-state index in [-0.39, 0.29) is 147 Å². The second-order valence-electron chi connectivity index (χ2n) is 15.1. The Kier molecular flexibility index (Phi) is 40.1. The summed E-state index contributed by atoms with van der Waals surface area (Å²) in [6, 6.07) is 0. The maximum Gasteiger partial charge on any atom is 0.220 e. The molecule has 0 aliphatic rings. The summed E-state index contributed by atoms with van der Waals surface area (Å²) in [5, 5.41) is 14.5. The molecule has 5 amide bonds. The number of ether oxygens (including phenoxy) is 7. The second-order valence-corrected chi connectivity index (χ2v) is 15.1. The fraction of sp³-hybridized carbons (Fsp3) is 0.761. The third-order valence-electron chi connectivity index (χ3n) is 9.07. The number of carbonyl (C=O) groups excluding carboxylic acids is 5. The molecule has 0 aromatic rings. The minimum Gasteiger partial charge on any atom is -0.381 e. The minimum absolute atomic E-state index is 0.00660. The number of nitrogens with one attached hydrogen (secondary N) is 5. The van der Waals surface area contributed by atoms with Gasteiger partial charge in [-0.25, -0.2) is 0 Å². The molecule has 0 atom stereocenters. The van der Waals surface area contributed by atoms with E-state index >= 15 is 0 Å². The SMILES string of the molecule is C#CCOCCOCCNC(=O)CCC(CCC(=O)NCCOCCOCC#C)(CCC(=O)NCCOCCOCC#C)NC(=O)CCCC(=O)NCCCCCCOCC(C)C. The van der Waals surface area contributed by atoms with Gasteiger partial charge < -0.3 is 59.7 Å². The molecule has 0 aromatic carbocycles. The molecular formula is C46H77N5O12. The predicted octanol–water partition coefficient (Wildman–Crippen LogP) is 2.05. The summed E-state index contributed by atoms with van der Waals surface area (Å²) in [5.41, 5.74) is -1.12. The molecule has 0 unspecified atom stereocenters. The van der Waals surface area contributed by atoms with Crippen LogP contribution < -0.4 is 26.6 Å². The van der Waals surface area contributed by atoms with Gasteiger partial charge in [-0.15, -0.1) is 19.3 Å². The minimum atomic E-state index is -1.12. The number of hydrogen-bond donors (Lipinski definition) is 5. The average molecular weight is 892 g/mol. The third-order valence-corrected chi connectivity index (χ3v) is 9.07. The molecule has 0 aliphatic carbocycles. The molecule has 0 bridgehead atoms. The van der Waals surface area contributed by atoms with E-state index in [0.29, 0.717) is 52.1 Å². The first-order valence-electron chi connectivity index (χ1n) is 22.3. The Morgan fingerprint density at radius 1 is 0.429 bits per heavy atom. The summed E-state index contributed by atoms with van der Waals surface area (Å²) in [6.45, 7) is 10.2. The van der Waals surface area contributed by atoms with Gasteiger partial charge in [0.2, 0.25) is 29.5 Å². The molecule has 0 saturated carbocycles. The third kappa shape index (κ3) is 40.3. The molecule has 5 N–H and O–H groups in total. The number of carbonyl (C=O) groups is 5. The summed E-state index contributed by atoms with van der Waals surface area (Å²) >= 11 is 0. The summed E-state index contributed by atoms with van der Waals surface area (Å²) < 4.78 is 37.6. The lowest BCUT2D eigenvalue weighted by Crippen LogP contribution is -2.50. The van der Waals surface area contributed by atoms with Crippen LogP contribution in [0.5, 0.6) is 0 Å². The van der Waals surface area contributed by atoms with Crippen molar-refractivity contribution < 1.29 is 57.1 Å². The van der Waals surface area contributed by atoms with Crippen LogP contribution in [0.3, 0.4) is 0 Å². The Balaban J connectivity index is 5.53. The van der Waals surface area contributed by atoms with Crippen molar-refractivity contribution in [2.45, 2.75) is 103 Å². The lowest BCUT2D eigenvalue weighted by molar-refractivity contribution is -0.128. The molecule has 17 heteroatoms. The van der Waals surface area contributed by atoms with E-state index in [1.807, 2.05) is 0 Å². The van der Waals surface area contributed by atoms with Crippen LogP contribution in [0.2, 0.25) is 0 Å². The zero-order valence-corrected chi connectivity index (χ0v) is 38.1. The molecule has 0 fully saturated rings. The first-order chi connectivity index (χ1) is 30.6. The van der Waals surface area contributed by atoms with Crippen LogP contribution in [0, 0.1) is 42.9 Å². The summed E-state index contributed by atoms with van der Waals surface area (Å²) in [6.07, 6.45) is 20.2. The maximum absolute atomic E-state index is 13.6. The lowest BCUT2D eigenvalue weighted by Gasteiger charge is -2.35. The van der Waals surface area contributed by atoms with Crippen LogP contribution >= 0.6 is 0 Å². The molecule has 0 radical (unpaired) electrons. The van der Waals surface area contributed by atoms with Gasteiger partial charge in [-0.2, -0.15) is 0 Å². The number of terminal acetylenes is 3. The second kappa shape index (κ2) is 43.0. The topological polar surface area (TPSA) is 210 Å². The van der Waals surface area contributed by atoms with E-state index in [2.05, 4.69) is 58.2 Å². The van der Waals surface area contributed by atoms with Gasteiger partial charge in [0.1, 0.15) is 19.8 Å². The highest BCUT2D eigenvalue weighted by Crippen LogP contribution is 2.26. The fourth-order valence-corrected chi connectivity index (χ4v) is 5.81. The summed E-state index contributed by atoms with van der Waals surface area (Å²) in [4.78, 5) is 65.3.